The van der Waals surface area contributed by atoms with Gasteiger partial charge in [0.25, 0.3) is 5.91 Å². The number of anilines is 2. The van der Waals surface area contributed by atoms with Crippen LogP contribution in [0.5, 0.6) is 0 Å². The Morgan fingerprint density at radius 2 is 2.00 bits per heavy atom. The van der Waals surface area contributed by atoms with Gasteiger partial charge in [0.15, 0.2) is 5.76 Å². The van der Waals surface area contributed by atoms with Gasteiger partial charge in [0.05, 0.1) is 28.7 Å². The van der Waals surface area contributed by atoms with E-state index in [-0.39, 0.29) is 11.4 Å². The summed E-state index contributed by atoms with van der Waals surface area (Å²) in [5.74, 6) is -0.558. The highest BCUT2D eigenvalue weighted by Gasteiger charge is 2.32. The SMILES string of the molecule is O=C(Nc1cc(C(F)(F)F)ccc1N1CCN(Cc2cncs2)CC1)c1ccco1. The molecule has 1 aliphatic rings. The first-order valence-electron chi connectivity index (χ1n) is 9.31. The first-order valence-corrected chi connectivity index (χ1v) is 10.2. The molecule has 1 fully saturated rings. The van der Waals surface area contributed by atoms with Crippen molar-refractivity contribution in [3.05, 3.63) is 64.5 Å². The third-order valence-electron chi connectivity index (χ3n) is 4.89. The first-order chi connectivity index (χ1) is 14.4. The van der Waals surface area contributed by atoms with E-state index in [0.717, 1.165) is 31.8 Å². The molecular formula is C20H19F3N4O2S. The third kappa shape index (κ3) is 4.65. The highest BCUT2D eigenvalue weighted by molar-refractivity contribution is 7.09. The molecule has 1 amide bonds. The molecule has 0 saturated carbocycles. The zero-order valence-electron chi connectivity index (χ0n) is 15.9. The molecule has 3 heterocycles. The third-order valence-corrected chi connectivity index (χ3v) is 5.66. The maximum atomic E-state index is 13.2. The number of carbonyl (C=O) groups excluding carboxylic acids is 1. The molecule has 158 valence electrons. The average Bonchev–Trinajstić information content (AvgIpc) is 3.42. The number of carbonyl (C=O) groups is 1. The second kappa shape index (κ2) is 8.49. The van der Waals surface area contributed by atoms with E-state index in [2.05, 4.69) is 15.2 Å². The van der Waals surface area contributed by atoms with Gasteiger partial charge in [0.2, 0.25) is 0 Å². The Kier molecular flexibility index (Phi) is 5.78. The number of alkyl halides is 3. The summed E-state index contributed by atoms with van der Waals surface area (Å²) in [6.45, 7) is 3.57. The van der Waals surface area contributed by atoms with E-state index in [9.17, 15) is 18.0 Å². The second-order valence-corrected chi connectivity index (χ2v) is 7.86. The summed E-state index contributed by atoms with van der Waals surface area (Å²) in [6.07, 6.45) is -1.32. The van der Waals surface area contributed by atoms with Gasteiger partial charge in [0.1, 0.15) is 0 Å². The summed E-state index contributed by atoms with van der Waals surface area (Å²) < 4.78 is 44.7. The lowest BCUT2D eigenvalue weighted by molar-refractivity contribution is -0.137. The monoisotopic (exact) mass is 436 g/mol. The summed E-state index contributed by atoms with van der Waals surface area (Å²) in [5, 5.41) is 2.58. The van der Waals surface area contributed by atoms with Gasteiger partial charge >= 0.3 is 6.18 Å². The molecule has 1 aliphatic heterocycles. The Hall–Kier alpha value is -2.85. The van der Waals surface area contributed by atoms with Crippen molar-refractivity contribution in [1.82, 2.24) is 9.88 Å². The summed E-state index contributed by atoms with van der Waals surface area (Å²) in [6, 6.07) is 6.44. The van der Waals surface area contributed by atoms with Gasteiger partial charge < -0.3 is 14.6 Å². The van der Waals surface area contributed by atoms with Crippen LogP contribution in [0.1, 0.15) is 21.0 Å². The van der Waals surface area contributed by atoms with Gasteiger partial charge in [-0.3, -0.25) is 14.7 Å². The van der Waals surface area contributed by atoms with Crippen LogP contribution < -0.4 is 10.2 Å². The van der Waals surface area contributed by atoms with Crippen LogP contribution in [0.3, 0.4) is 0 Å². The molecule has 0 spiro atoms. The van der Waals surface area contributed by atoms with Gasteiger partial charge in [-0.15, -0.1) is 11.3 Å². The predicted octanol–water partition coefficient (Wildman–Crippen LogP) is 4.33. The fourth-order valence-electron chi connectivity index (χ4n) is 3.37. The molecule has 1 N–H and O–H groups in total. The van der Waals surface area contributed by atoms with Crippen LogP contribution in [0.2, 0.25) is 0 Å². The quantitative estimate of drug-likeness (QED) is 0.645. The zero-order chi connectivity index (χ0) is 21.1. The molecule has 0 bridgehead atoms. The molecule has 0 radical (unpaired) electrons. The van der Waals surface area contributed by atoms with Crippen molar-refractivity contribution in [2.24, 2.45) is 0 Å². The number of nitrogens with one attached hydrogen (secondary N) is 1. The molecule has 0 atom stereocenters. The van der Waals surface area contributed by atoms with Crippen LogP contribution in [0, 0.1) is 0 Å². The van der Waals surface area contributed by atoms with Crippen molar-refractivity contribution >= 4 is 28.6 Å². The van der Waals surface area contributed by atoms with Crippen LogP contribution in [0.15, 0.2) is 52.7 Å². The van der Waals surface area contributed by atoms with Gasteiger partial charge in [-0.2, -0.15) is 13.2 Å². The van der Waals surface area contributed by atoms with E-state index in [1.165, 1.54) is 23.3 Å². The number of benzene rings is 1. The number of thiazole rings is 1. The number of furan rings is 1. The molecule has 2 aromatic heterocycles. The first kappa shape index (κ1) is 20.4. The van der Waals surface area contributed by atoms with Gasteiger partial charge in [0, 0.05) is 43.8 Å². The summed E-state index contributed by atoms with van der Waals surface area (Å²) >= 11 is 1.60. The van der Waals surface area contributed by atoms with Crippen LogP contribution in [0.4, 0.5) is 24.5 Å². The molecular weight excluding hydrogens is 417 g/mol. The number of hydrogen-bond acceptors (Lipinski definition) is 6. The largest absolute Gasteiger partial charge is 0.459 e. The Labute approximate surface area is 174 Å². The van der Waals surface area contributed by atoms with Crippen LogP contribution in [-0.2, 0) is 12.7 Å². The molecule has 1 aromatic carbocycles. The molecule has 10 heteroatoms. The van der Waals surface area contributed by atoms with Crippen molar-refractivity contribution < 1.29 is 22.4 Å². The molecule has 1 saturated heterocycles. The van der Waals surface area contributed by atoms with Crippen LogP contribution >= 0.6 is 11.3 Å². The number of piperazine rings is 1. The van der Waals surface area contributed by atoms with Gasteiger partial charge in [-0.05, 0) is 30.3 Å². The Bertz CT molecular complexity index is 982. The second-order valence-electron chi connectivity index (χ2n) is 6.89. The normalized spacial score (nSPS) is 15.4. The van der Waals surface area contributed by atoms with Crippen molar-refractivity contribution in [2.45, 2.75) is 12.7 Å². The highest BCUT2D eigenvalue weighted by atomic mass is 32.1. The lowest BCUT2D eigenvalue weighted by atomic mass is 10.1. The Morgan fingerprint density at radius 1 is 1.20 bits per heavy atom. The van der Waals surface area contributed by atoms with Crippen molar-refractivity contribution in [3.8, 4) is 0 Å². The molecule has 4 rings (SSSR count). The molecule has 3 aromatic rings. The predicted molar refractivity (Wildman–Crippen MR) is 108 cm³/mol. The zero-order valence-corrected chi connectivity index (χ0v) is 16.7. The molecule has 0 aliphatic carbocycles. The maximum Gasteiger partial charge on any atom is 0.416 e. The molecule has 0 unspecified atom stereocenters. The summed E-state index contributed by atoms with van der Waals surface area (Å²) in [7, 11) is 0. The number of rotatable bonds is 5. The van der Waals surface area contributed by atoms with Gasteiger partial charge in [-0.1, -0.05) is 0 Å². The van der Waals surface area contributed by atoms with E-state index in [1.54, 1.807) is 22.9 Å². The topological polar surface area (TPSA) is 61.6 Å². The number of amides is 1. The number of nitrogens with zero attached hydrogens (tertiary/aromatic N) is 3. The minimum absolute atomic E-state index is 0.0349. The number of aromatic nitrogens is 1. The Morgan fingerprint density at radius 3 is 2.63 bits per heavy atom. The van der Waals surface area contributed by atoms with E-state index in [0.29, 0.717) is 18.8 Å². The minimum atomic E-state index is -4.50. The summed E-state index contributed by atoms with van der Waals surface area (Å²) in [5.41, 5.74) is 1.65. The number of hydrogen-bond donors (Lipinski definition) is 1. The van der Waals surface area contributed by atoms with Gasteiger partial charge in [-0.25, -0.2) is 0 Å². The average molecular weight is 436 g/mol. The van der Waals surface area contributed by atoms with E-state index in [1.807, 2.05) is 11.1 Å². The van der Waals surface area contributed by atoms with Crippen LogP contribution in [-0.4, -0.2) is 42.0 Å². The molecule has 30 heavy (non-hydrogen) atoms. The van der Waals surface area contributed by atoms with E-state index in [4.69, 9.17) is 4.42 Å². The molecule has 6 nitrogen and oxygen atoms in total. The smallest absolute Gasteiger partial charge is 0.416 e. The Balaban J connectivity index is 1.52. The van der Waals surface area contributed by atoms with Crippen LogP contribution in [0.25, 0.3) is 0 Å². The highest BCUT2D eigenvalue weighted by Crippen LogP contribution is 2.36. The van der Waals surface area contributed by atoms with Crippen molar-refractivity contribution in [3.63, 3.8) is 0 Å². The maximum absolute atomic E-state index is 13.2. The standard InChI is InChI=1S/C20H19F3N4O2S/c21-20(22,23)14-3-4-17(16(10-14)25-19(28)18-2-1-9-29-18)27-7-5-26(6-8-27)12-15-11-24-13-30-15/h1-4,9-11,13H,5-8,12H2,(H,25,28). The van der Waals surface area contributed by atoms with Crippen molar-refractivity contribution in [1.29, 1.82) is 0 Å². The van der Waals surface area contributed by atoms with Crippen molar-refractivity contribution in [2.75, 3.05) is 36.4 Å². The summed E-state index contributed by atoms with van der Waals surface area (Å²) in [4.78, 5) is 21.9. The lowest BCUT2D eigenvalue weighted by Crippen LogP contribution is -2.46. The number of halogens is 3. The van der Waals surface area contributed by atoms with E-state index >= 15 is 0 Å². The fraction of sp³-hybridized carbons (Fsp3) is 0.300. The fourth-order valence-corrected chi connectivity index (χ4v) is 4.00. The lowest BCUT2D eigenvalue weighted by Gasteiger charge is -2.36. The minimum Gasteiger partial charge on any atom is -0.459 e. The van der Waals surface area contributed by atoms with E-state index < -0.39 is 17.6 Å².